The minimum atomic E-state index is -0.340. The van der Waals surface area contributed by atoms with Crippen molar-refractivity contribution in [2.24, 2.45) is 0 Å². The Morgan fingerprint density at radius 1 is 0.422 bits per heavy atom. The smallest absolute Gasteiger partial charge is 0.160 e. The van der Waals surface area contributed by atoms with Gasteiger partial charge in [-0.25, -0.2) is 0 Å². The molecule has 0 atom stereocenters. The molecule has 0 amide bonds. The van der Waals surface area contributed by atoms with Crippen molar-refractivity contribution in [3.8, 4) is 22.5 Å². The third-order valence-electron chi connectivity index (χ3n) is 8.77. The average molecular weight is 583 g/mol. The number of hydrogen-bond donors (Lipinski definition) is 0. The summed E-state index contributed by atoms with van der Waals surface area (Å²) in [7, 11) is 0. The molecule has 210 valence electrons. The molecule has 0 saturated heterocycles. The number of para-hydroxylation sites is 3. The topological polar surface area (TPSA) is 23.0 Å². The van der Waals surface area contributed by atoms with Crippen molar-refractivity contribution in [2.75, 3.05) is 0 Å². The van der Waals surface area contributed by atoms with E-state index in [-0.39, 0.29) is 48.3 Å². The van der Waals surface area contributed by atoms with E-state index in [2.05, 4.69) is 0 Å². The molecule has 0 aliphatic rings. The molecule has 0 bridgehead atoms. The second-order valence-corrected chi connectivity index (χ2v) is 11.1. The summed E-state index contributed by atoms with van der Waals surface area (Å²) in [5.41, 5.74) is 6.22. The number of nitrogens with zero attached hydrogens (tertiary/aromatic N) is 2. The van der Waals surface area contributed by atoms with Gasteiger partial charge in [-0.3, -0.25) is 0 Å². The van der Waals surface area contributed by atoms with E-state index >= 15 is 0 Å². The van der Waals surface area contributed by atoms with E-state index in [4.69, 9.17) is 15.4 Å². The molecule has 0 spiro atoms. The molecule has 0 N–H and O–H groups in total. The number of fused-ring (bicyclic) bond motifs is 11. The van der Waals surface area contributed by atoms with Gasteiger partial charge in [0, 0.05) is 38.3 Å². The molecule has 3 heterocycles. The Kier molecular flexibility index (Phi) is 3.67. The number of hydrogen-bond acceptors (Lipinski definition) is 1. The summed E-state index contributed by atoms with van der Waals surface area (Å²) in [5, 5.41) is 3.31. The fraction of sp³-hybridized carbons (Fsp3) is 0. The Balaban J connectivity index is 1.38. The lowest BCUT2D eigenvalue weighted by Crippen LogP contribution is -1.94. The van der Waals surface area contributed by atoms with E-state index in [1.165, 1.54) is 0 Å². The highest BCUT2D eigenvalue weighted by Gasteiger charge is 2.22. The molecule has 7 aromatic carbocycles. The van der Waals surface area contributed by atoms with E-state index in [1.807, 2.05) is 118 Å². The molecule has 0 saturated carbocycles. The van der Waals surface area contributed by atoms with Crippen LogP contribution >= 0.6 is 0 Å². The summed E-state index contributed by atoms with van der Waals surface area (Å²) in [6, 6.07) is 32.9. The lowest BCUT2D eigenvalue weighted by Gasteiger charge is -2.09. The Morgan fingerprint density at radius 2 is 1.00 bits per heavy atom. The molecule has 0 radical (unpaired) electrons. The molecule has 10 rings (SSSR count). The average Bonchev–Trinajstić information content (AvgIpc) is 3.86. The maximum atomic E-state index is 9.09. The van der Waals surface area contributed by atoms with Gasteiger partial charge in [0.2, 0.25) is 0 Å². The van der Waals surface area contributed by atoms with Crippen LogP contribution in [0.2, 0.25) is 0 Å². The van der Waals surface area contributed by atoms with Crippen molar-refractivity contribution in [3.05, 3.63) is 158 Å². The van der Waals surface area contributed by atoms with Crippen LogP contribution in [0.1, 0.15) is 11.0 Å². The number of benzene rings is 7. The zero-order chi connectivity index (χ0) is 36.4. The predicted molar refractivity (Wildman–Crippen MR) is 188 cm³/mol. The first-order valence-corrected chi connectivity index (χ1v) is 14.7. The molecule has 3 heteroatoms. The van der Waals surface area contributed by atoms with Crippen molar-refractivity contribution in [1.82, 2.24) is 9.13 Å². The summed E-state index contributed by atoms with van der Waals surface area (Å²) in [4.78, 5) is 0. The summed E-state index contributed by atoms with van der Waals surface area (Å²) < 4.78 is 81.1. The van der Waals surface area contributed by atoms with Crippen molar-refractivity contribution in [1.29, 1.82) is 0 Å². The maximum Gasteiger partial charge on any atom is 0.160 e. The Bertz CT molecular complexity index is 3180. The van der Waals surface area contributed by atoms with Crippen LogP contribution in [0.3, 0.4) is 0 Å². The lowest BCUT2D eigenvalue weighted by atomic mass is 10.1. The molecular weight excluding hydrogens is 548 g/mol. The summed E-state index contributed by atoms with van der Waals surface area (Å²) in [5.74, 6) is 0. The van der Waals surface area contributed by atoms with Crippen LogP contribution in [0.4, 0.5) is 0 Å². The van der Waals surface area contributed by atoms with E-state index in [0.29, 0.717) is 60.5 Å². The van der Waals surface area contributed by atoms with Gasteiger partial charge >= 0.3 is 0 Å². The molecule has 0 fully saturated rings. The molecule has 0 unspecified atom stereocenters. The Labute approximate surface area is 270 Å². The predicted octanol–water partition coefficient (Wildman–Crippen LogP) is 11.4. The lowest BCUT2D eigenvalue weighted by molar-refractivity contribution is 0.675. The standard InChI is InChI=1S/C42H26N2O/c1-3-11-27(12-4-1)28-19-21-30(22-20-28)44-36-17-9-7-15-31(36)32-23-24-34-33-25-26-38-39(41(33)45-42(34)40(32)44)35-16-8-10-18-37(35)43(38)29-13-5-2-6-14-29/h1-26H/i7D,8D,9D,10D,15D,16D,17D,18D. The molecule has 45 heavy (non-hydrogen) atoms. The highest BCUT2D eigenvalue weighted by molar-refractivity contribution is 6.27. The third-order valence-corrected chi connectivity index (χ3v) is 8.77. The van der Waals surface area contributed by atoms with Crippen LogP contribution < -0.4 is 0 Å². The van der Waals surface area contributed by atoms with Gasteiger partial charge in [-0.05, 0) is 65.7 Å². The van der Waals surface area contributed by atoms with Gasteiger partial charge in [-0.15, -0.1) is 0 Å². The summed E-state index contributed by atoms with van der Waals surface area (Å²) in [6.45, 7) is 0. The molecular formula is C42H26N2O. The van der Waals surface area contributed by atoms with Crippen LogP contribution in [0.25, 0.3) is 88.1 Å². The normalized spacial score (nSPS) is 14.5. The van der Waals surface area contributed by atoms with Gasteiger partial charge in [0.15, 0.2) is 5.58 Å². The summed E-state index contributed by atoms with van der Waals surface area (Å²) >= 11 is 0. The first-order valence-electron chi connectivity index (χ1n) is 18.7. The van der Waals surface area contributed by atoms with Gasteiger partial charge in [0.1, 0.15) is 5.58 Å². The molecule has 3 nitrogen and oxygen atoms in total. The van der Waals surface area contributed by atoms with Crippen molar-refractivity contribution in [2.45, 2.75) is 0 Å². The quantitative estimate of drug-likeness (QED) is 0.203. The van der Waals surface area contributed by atoms with Crippen LogP contribution in [0, 0.1) is 0 Å². The molecule has 0 aliphatic carbocycles. The molecule has 3 aromatic heterocycles. The van der Waals surface area contributed by atoms with Gasteiger partial charge < -0.3 is 13.6 Å². The number of aromatic nitrogens is 2. The highest BCUT2D eigenvalue weighted by Crippen LogP contribution is 2.44. The van der Waals surface area contributed by atoms with Gasteiger partial charge in [-0.2, -0.15) is 0 Å². The van der Waals surface area contributed by atoms with E-state index in [0.717, 1.165) is 27.6 Å². The first kappa shape index (κ1) is 17.9. The van der Waals surface area contributed by atoms with E-state index in [9.17, 15) is 0 Å². The van der Waals surface area contributed by atoms with Crippen molar-refractivity contribution >= 4 is 65.6 Å². The maximum absolute atomic E-state index is 9.09. The molecule has 10 aromatic rings. The second-order valence-electron chi connectivity index (χ2n) is 11.1. The van der Waals surface area contributed by atoms with E-state index in [1.54, 1.807) is 0 Å². The summed E-state index contributed by atoms with van der Waals surface area (Å²) in [6.07, 6.45) is 0. The third kappa shape index (κ3) is 3.41. The van der Waals surface area contributed by atoms with Crippen LogP contribution in [0.5, 0.6) is 0 Å². The van der Waals surface area contributed by atoms with Crippen molar-refractivity contribution in [3.63, 3.8) is 0 Å². The van der Waals surface area contributed by atoms with Gasteiger partial charge in [-0.1, -0.05) is 103 Å². The first-order chi connectivity index (χ1) is 25.7. The fourth-order valence-corrected chi connectivity index (χ4v) is 6.82. The van der Waals surface area contributed by atoms with Crippen LogP contribution in [-0.4, -0.2) is 9.13 Å². The zero-order valence-electron chi connectivity index (χ0n) is 31.7. The Morgan fingerprint density at radius 3 is 1.78 bits per heavy atom. The largest absolute Gasteiger partial charge is 0.453 e. The monoisotopic (exact) mass is 582 g/mol. The van der Waals surface area contributed by atoms with Gasteiger partial charge in [0.25, 0.3) is 0 Å². The fourth-order valence-electron chi connectivity index (χ4n) is 6.82. The van der Waals surface area contributed by atoms with Crippen molar-refractivity contribution < 1.29 is 15.4 Å². The van der Waals surface area contributed by atoms with Crippen LogP contribution in [0.15, 0.2) is 162 Å². The number of rotatable bonds is 3. The second kappa shape index (κ2) is 9.22. The minimum absolute atomic E-state index is 0.148. The van der Waals surface area contributed by atoms with E-state index < -0.39 is 0 Å². The van der Waals surface area contributed by atoms with Crippen LogP contribution in [-0.2, 0) is 0 Å². The highest BCUT2D eigenvalue weighted by atomic mass is 16.3. The SMILES string of the molecule is [2H]c1c([2H])c([2H])c2c(c1[2H])c1c3oc4c(ccc5c6c([2H])c([2H])c([2H])c([2H])c6n(-c6ccc(-c7ccccc7)cc6)c54)c3ccc1n2-c1ccccc1. The number of furan rings is 1. The molecule has 0 aliphatic heterocycles. The Hall–Kier alpha value is -6.06. The minimum Gasteiger partial charge on any atom is -0.453 e. The zero-order valence-corrected chi connectivity index (χ0v) is 23.7. The van der Waals surface area contributed by atoms with Gasteiger partial charge in [0.05, 0.1) is 38.4 Å².